The maximum atomic E-state index is 5.61. The number of hydrogen-bond acceptors (Lipinski definition) is 3. The summed E-state index contributed by atoms with van der Waals surface area (Å²) < 4.78 is 11.1. The van der Waals surface area contributed by atoms with Gasteiger partial charge in [-0.25, -0.2) is 0 Å². The molecule has 2 rings (SSSR count). The molecule has 0 amide bonds. The Morgan fingerprint density at radius 3 is 2.33 bits per heavy atom. The number of piperidine rings is 1. The molecule has 3 heteroatoms. The molecule has 1 aliphatic heterocycles. The molecule has 0 spiro atoms. The van der Waals surface area contributed by atoms with Gasteiger partial charge >= 0.3 is 0 Å². The van der Waals surface area contributed by atoms with Crippen molar-refractivity contribution in [1.29, 1.82) is 0 Å². The van der Waals surface area contributed by atoms with Gasteiger partial charge < -0.3 is 14.8 Å². The molecule has 0 unspecified atom stereocenters. The van der Waals surface area contributed by atoms with Gasteiger partial charge in [0.15, 0.2) is 11.5 Å². The largest absolute Gasteiger partial charge is 0.493 e. The van der Waals surface area contributed by atoms with Crippen LogP contribution in [0.1, 0.15) is 35.4 Å². The molecule has 3 nitrogen and oxygen atoms in total. The van der Waals surface area contributed by atoms with Crippen LogP contribution in [0.25, 0.3) is 0 Å². The van der Waals surface area contributed by atoms with Crippen molar-refractivity contribution in [3.63, 3.8) is 0 Å². The Kier molecular flexibility index (Phi) is 4.12. The average molecular weight is 249 g/mol. The van der Waals surface area contributed by atoms with Gasteiger partial charge in [-0.1, -0.05) is 0 Å². The first kappa shape index (κ1) is 13.2. The summed E-state index contributed by atoms with van der Waals surface area (Å²) in [6, 6.07) is 2.07. The molecule has 18 heavy (non-hydrogen) atoms. The fraction of sp³-hybridized carbons (Fsp3) is 0.600. The number of hydrogen-bond donors (Lipinski definition) is 1. The van der Waals surface area contributed by atoms with Crippen LogP contribution in [0.4, 0.5) is 0 Å². The highest BCUT2D eigenvalue weighted by atomic mass is 16.5. The average Bonchev–Trinajstić information content (AvgIpc) is 2.42. The molecule has 0 saturated carbocycles. The van der Waals surface area contributed by atoms with Gasteiger partial charge in [0.05, 0.1) is 14.2 Å². The summed E-state index contributed by atoms with van der Waals surface area (Å²) in [5, 5.41) is 3.41. The van der Waals surface area contributed by atoms with E-state index in [4.69, 9.17) is 9.47 Å². The number of methoxy groups -OCH3 is 2. The molecule has 0 aromatic heterocycles. The summed E-state index contributed by atoms with van der Waals surface area (Å²) in [7, 11) is 3.44. The first-order valence-corrected chi connectivity index (χ1v) is 6.61. The van der Waals surface area contributed by atoms with Crippen LogP contribution in [0.2, 0.25) is 0 Å². The molecular weight excluding hydrogens is 226 g/mol. The Morgan fingerprint density at radius 2 is 1.78 bits per heavy atom. The van der Waals surface area contributed by atoms with Crippen molar-refractivity contribution in [3.8, 4) is 11.5 Å². The van der Waals surface area contributed by atoms with E-state index in [1.54, 1.807) is 14.2 Å². The highest BCUT2D eigenvalue weighted by molar-refractivity contribution is 5.55. The van der Waals surface area contributed by atoms with E-state index in [1.165, 1.54) is 29.5 Å². The van der Waals surface area contributed by atoms with E-state index in [-0.39, 0.29) is 0 Å². The molecule has 0 bridgehead atoms. The lowest BCUT2D eigenvalue weighted by Gasteiger charge is -2.27. The second-order valence-corrected chi connectivity index (χ2v) is 4.99. The standard InChI is InChI=1S/C15H23NO2/c1-10-9-13(17-3)15(18-4)14(11(10)2)12-5-7-16-8-6-12/h9,12,16H,5-8H2,1-4H3. The number of rotatable bonds is 3. The van der Waals surface area contributed by atoms with Gasteiger partial charge in [-0.3, -0.25) is 0 Å². The van der Waals surface area contributed by atoms with Gasteiger partial charge in [0, 0.05) is 5.56 Å². The van der Waals surface area contributed by atoms with Crippen molar-refractivity contribution in [2.45, 2.75) is 32.6 Å². The topological polar surface area (TPSA) is 30.5 Å². The molecule has 0 aliphatic carbocycles. The third kappa shape index (κ3) is 2.32. The van der Waals surface area contributed by atoms with Gasteiger partial charge in [0.25, 0.3) is 0 Å². The van der Waals surface area contributed by atoms with E-state index in [1.807, 2.05) is 0 Å². The lowest BCUT2D eigenvalue weighted by atomic mass is 9.85. The van der Waals surface area contributed by atoms with Crippen LogP contribution >= 0.6 is 0 Å². The van der Waals surface area contributed by atoms with E-state index >= 15 is 0 Å². The van der Waals surface area contributed by atoms with Crippen LogP contribution in [-0.2, 0) is 0 Å². The molecule has 0 radical (unpaired) electrons. The van der Waals surface area contributed by atoms with E-state index < -0.39 is 0 Å². The number of ether oxygens (including phenoxy) is 2. The molecule has 0 atom stereocenters. The van der Waals surface area contributed by atoms with Crippen LogP contribution in [0, 0.1) is 13.8 Å². The molecule has 1 aromatic rings. The normalized spacial score (nSPS) is 16.7. The molecule has 1 aromatic carbocycles. The molecule has 100 valence electrons. The maximum absolute atomic E-state index is 5.61. The van der Waals surface area contributed by atoms with Crippen molar-refractivity contribution >= 4 is 0 Å². The predicted molar refractivity (Wildman–Crippen MR) is 73.9 cm³/mol. The Labute approximate surface area is 109 Å². The minimum atomic E-state index is 0.579. The fourth-order valence-corrected chi connectivity index (χ4v) is 2.85. The highest BCUT2D eigenvalue weighted by Crippen LogP contribution is 2.42. The van der Waals surface area contributed by atoms with Gasteiger partial charge in [-0.15, -0.1) is 0 Å². The quantitative estimate of drug-likeness (QED) is 0.893. The van der Waals surface area contributed by atoms with Gasteiger partial charge in [-0.2, -0.15) is 0 Å². The van der Waals surface area contributed by atoms with Crippen LogP contribution in [0.5, 0.6) is 11.5 Å². The van der Waals surface area contributed by atoms with Crippen LogP contribution in [0.15, 0.2) is 6.07 Å². The minimum Gasteiger partial charge on any atom is -0.493 e. The summed E-state index contributed by atoms with van der Waals surface area (Å²) in [4.78, 5) is 0. The molecule has 1 N–H and O–H groups in total. The zero-order chi connectivity index (χ0) is 13.1. The molecule has 1 aliphatic rings. The third-order valence-corrected chi connectivity index (χ3v) is 3.98. The van der Waals surface area contributed by atoms with Crippen molar-refractivity contribution < 1.29 is 9.47 Å². The van der Waals surface area contributed by atoms with Crippen molar-refractivity contribution in [2.24, 2.45) is 0 Å². The summed E-state index contributed by atoms with van der Waals surface area (Å²) in [5.74, 6) is 2.36. The summed E-state index contributed by atoms with van der Waals surface area (Å²) >= 11 is 0. The number of benzene rings is 1. The Morgan fingerprint density at radius 1 is 1.11 bits per heavy atom. The van der Waals surface area contributed by atoms with Crippen molar-refractivity contribution in [3.05, 3.63) is 22.8 Å². The second-order valence-electron chi connectivity index (χ2n) is 4.99. The smallest absolute Gasteiger partial charge is 0.164 e. The highest BCUT2D eigenvalue weighted by Gasteiger charge is 2.24. The lowest BCUT2D eigenvalue weighted by Crippen LogP contribution is -2.27. The van der Waals surface area contributed by atoms with Gasteiger partial charge in [-0.05, 0) is 62.9 Å². The monoisotopic (exact) mass is 249 g/mol. The summed E-state index contributed by atoms with van der Waals surface area (Å²) in [6.07, 6.45) is 2.34. The third-order valence-electron chi connectivity index (χ3n) is 3.98. The number of nitrogens with one attached hydrogen (secondary N) is 1. The Balaban J connectivity index is 2.51. The minimum absolute atomic E-state index is 0.579. The molecule has 1 saturated heterocycles. The van der Waals surface area contributed by atoms with Crippen LogP contribution in [0.3, 0.4) is 0 Å². The zero-order valence-corrected chi connectivity index (χ0v) is 11.8. The van der Waals surface area contributed by atoms with E-state index in [2.05, 4.69) is 25.2 Å². The number of aryl methyl sites for hydroxylation is 1. The van der Waals surface area contributed by atoms with Gasteiger partial charge in [0.1, 0.15) is 0 Å². The zero-order valence-electron chi connectivity index (χ0n) is 11.8. The van der Waals surface area contributed by atoms with E-state index in [0.29, 0.717) is 5.92 Å². The lowest BCUT2D eigenvalue weighted by molar-refractivity contribution is 0.343. The SMILES string of the molecule is COc1cc(C)c(C)c(C2CCNCC2)c1OC. The fourth-order valence-electron chi connectivity index (χ4n) is 2.85. The molecule has 1 fully saturated rings. The van der Waals surface area contributed by atoms with E-state index in [9.17, 15) is 0 Å². The van der Waals surface area contributed by atoms with Crippen LogP contribution in [-0.4, -0.2) is 27.3 Å². The first-order valence-electron chi connectivity index (χ1n) is 6.61. The maximum Gasteiger partial charge on any atom is 0.164 e. The van der Waals surface area contributed by atoms with Gasteiger partial charge in [0.2, 0.25) is 0 Å². The van der Waals surface area contributed by atoms with E-state index in [0.717, 1.165) is 24.6 Å². The van der Waals surface area contributed by atoms with Crippen LogP contribution < -0.4 is 14.8 Å². The predicted octanol–water partition coefficient (Wildman–Crippen LogP) is 2.79. The Bertz CT molecular complexity index is 423. The molecular formula is C15H23NO2. The molecule has 1 heterocycles. The Hall–Kier alpha value is -1.22. The summed E-state index contributed by atoms with van der Waals surface area (Å²) in [6.45, 7) is 6.50. The van der Waals surface area contributed by atoms with Crippen molar-refractivity contribution in [1.82, 2.24) is 5.32 Å². The first-order chi connectivity index (χ1) is 8.69. The van der Waals surface area contributed by atoms with Crippen molar-refractivity contribution in [2.75, 3.05) is 27.3 Å². The summed E-state index contributed by atoms with van der Waals surface area (Å²) in [5.41, 5.74) is 3.97. The second kappa shape index (κ2) is 5.61.